The zero-order valence-electron chi connectivity index (χ0n) is 14.2. The van der Waals surface area contributed by atoms with Crippen LogP contribution in [0.5, 0.6) is 0 Å². The van der Waals surface area contributed by atoms with E-state index in [1.807, 2.05) is 0 Å². The van der Waals surface area contributed by atoms with Gasteiger partial charge in [-0.2, -0.15) is 0 Å². The lowest BCUT2D eigenvalue weighted by Crippen LogP contribution is -2.26. The molecule has 0 aliphatic rings. The molecule has 0 saturated heterocycles. The quantitative estimate of drug-likeness (QED) is 0.820. The Balaban J connectivity index is 1.91. The third-order valence-electron chi connectivity index (χ3n) is 3.86. The second-order valence-electron chi connectivity index (χ2n) is 5.73. The molecule has 0 bridgehead atoms. The lowest BCUT2D eigenvalue weighted by molar-refractivity contribution is -0.130. The van der Waals surface area contributed by atoms with Crippen LogP contribution in [0.15, 0.2) is 53.4 Å². The van der Waals surface area contributed by atoms with Crippen molar-refractivity contribution in [1.29, 1.82) is 0 Å². The van der Waals surface area contributed by atoms with Gasteiger partial charge in [0.05, 0.1) is 4.90 Å². The molecular weight excluding hydrogens is 343 g/mol. The molecule has 0 spiro atoms. The van der Waals surface area contributed by atoms with Gasteiger partial charge in [-0.3, -0.25) is 4.79 Å². The number of hydrogen-bond donors (Lipinski definition) is 1. The summed E-state index contributed by atoms with van der Waals surface area (Å²) in [7, 11) is -0.420. The molecule has 2 aromatic carbocycles. The van der Waals surface area contributed by atoms with E-state index in [0.717, 1.165) is 11.1 Å². The molecule has 0 atom stereocenters. The van der Waals surface area contributed by atoms with E-state index in [9.17, 15) is 17.6 Å². The molecule has 1 N–H and O–H groups in total. The van der Waals surface area contributed by atoms with Crippen LogP contribution >= 0.6 is 0 Å². The van der Waals surface area contributed by atoms with Crippen LogP contribution in [0.25, 0.3) is 0 Å². The first-order valence-corrected chi connectivity index (χ1v) is 9.31. The van der Waals surface area contributed by atoms with E-state index in [-0.39, 0.29) is 16.6 Å². The fourth-order valence-electron chi connectivity index (χ4n) is 2.39. The Morgan fingerprint density at radius 3 is 2.40 bits per heavy atom. The summed E-state index contributed by atoms with van der Waals surface area (Å²) >= 11 is 0. The second kappa shape index (κ2) is 8.22. The zero-order chi connectivity index (χ0) is 18.4. The molecule has 0 aliphatic carbocycles. The standard InChI is InChI=1S/C18H21FN2O3S/c1-20-25(23,24)17-9-6-14(7-10-17)8-11-18(22)21(2)13-15-4-3-5-16(19)12-15/h3-7,9-10,12,20H,8,11,13H2,1-2H3. The van der Waals surface area contributed by atoms with Crippen molar-refractivity contribution in [2.45, 2.75) is 24.3 Å². The summed E-state index contributed by atoms with van der Waals surface area (Å²) in [6, 6.07) is 12.6. The van der Waals surface area contributed by atoms with Crippen LogP contribution < -0.4 is 4.72 Å². The Labute approximate surface area is 147 Å². The van der Waals surface area contributed by atoms with Gasteiger partial charge in [-0.1, -0.05) is 24.3 Å². The van der Waals surface area contributed by atoms with Crippen molar-refractivity contribution in [3.05, 3.63) is 65.5 Å². The first-order chi connectivity index (χ1) is 11.8. The van der Waals surface area contributed by atoms with Gasteiger partial charge in [0, 0.05) is 20.0 Å². The summed E-state index contributed by atoms with van der Waals surface area (Å²) in [4.78, 5) is 13.9. The van der Waals surface area contributed by atoms with Gasteiger partial charge in [0.15, 0.2) is 0 Å². The zero-order valence-corrected chi connectivity index (χ0v) is 15.0. The van der Waals surface area contributed by atoms with Crippen molar-refractivity contribution in [1.82, 2.24) is 9.62 Å². The van der Waals surface area contributed by atoms with E-state index in [1.54, 1.807) is 36.2 Å². The van der Waals surface area contributed by atoms with Gasteiger partial charge in [-0.15, -0.1) is 0 Å². The van der Waals surface area contributed by atoms with Crippen LogP contribution in [0.2, 0.25) is 0 Å². The lowest BCUT2D eigenvalue weighted by atomic mass is 10.1. The van der Waals surface area contributed by atoms with Gasteiger partial charge in [0.2, 0.25) is 15.9 Å². The summed E-state index contributed by atoms with van der Waals surface area (Å²) in [6.07, 6.45) is 0.802. The Hall–Kier alpha value is -2.25. The lowest BCUT2D eigenvalue weighted by Gasteiger charge is -2.17. The van der Waals surface area contributed by atoms with Gasteiger partial charge in [-0.25, -0.2) is 17.5 Å². The SMILES string of the molecule is CNS(=O)(=O)c1ccc(CCC(=O)N(C)Cc2cccc(F)c2)cc1. The van der Waals surface area contributed by atoms with Gasteiger partial charge in [0.1, 0.15) is 5.82 Å². The van der Waals surface area contributed by atoms with Crippen LogP contribution in [-0.4, -0.2) is 33.3 Å². The molecule has 0 heterocycles. The molecule has 134 valence electrons. The third-order valence-corrected chi connectivity index (χ3v) is 5.29. The number of hydrogen-bond acceptors (Lipinski definition) is 3. The smallest absolute Gasteiger partial charge is 0.240 e. The van der Waals surface area contributed by atoms with Gasteiger partial charge >= 0.3 is 0 Å². The fraction of sp³-hybridized carbons (Fsp3) is 0.278. The van der Waals surface area contributed by atoms with Gasteiger partial charge in [-0.05, 0) is 48.9 Å². The molecule has 0 aliphatic heterocycles. The molecule has 0 saturated carbocycles. The normalized spacial score (nSPS) is 11.3. The van der Waals surface area contributed by atoms with Crippen molar-refractivity contribution < 1.29 is 17.6 Å². The van der Waals surface area contributed by atoms with Crippen LogP contribution in [0.4, 0.5) is 4.39 Å². The number of amides is 1. The summed E-state index contributed by atoms with van der Waals surface area (Å²) < 4.78 is 38.8. The number of carbonyl (C=O) groups excluding carboxylic acids is 1. The van der Waals surface area contributed by atoms with Crippen LogP contribution in [0.3, 0.4) is 0 Å². The Bertz CT molecular complexity index is 836. The Morgan fingerprint density at radius 1 is 1.12 bits per heavy atom. The largest absolute Gasteiger partial charge is 0.341 e. The average Bonchev–Trinajstić information content (AvgIpc) is 2.60. The number of benzene rings is 2. The third kappa shape index (κ3) is 5.37. The van der Waals surface area contributed by atoms with Crippen molar-refractivity contribution >= 4 is 15.9 Å². The Kier molecular flexibility index (Phi) is 6.27. The van der Waals surface area contributed by atoms with E-state index < -0.39 is 10.0 Å². The molecule has 25 heavy (non-hydrogen) atoms. The number of rotatable bonds is 7. The highest BCUT2D eigenvalue weighted by atomic mass is 32.2. The number of carbonyl (C=O) groups is 1. The maximum Gasteiger partial charge on any atom is 0.240 e. The predicted octanol–water partition coefficient (Wildman–Crippen LogP) is 2.32. The van der Waals surface area contributed by atoms with E-state index in [4.69, 9.17) is 0 Å². The summed E-state index contributed by atoms with van der Waals surface area (Å²) in [5, 5.41) is 0. The maximum absolute atomic E-state index is 13.2. The molecule has 0 aromatic heterocycles. The van der Waals surface area contributed by atoms with Crippen molar-refractivity contribution in [2.75, 3.05) is 14.1 Å². The molecular formula is C18H21FN2O3S. The highest BCUT2D eigenvalue weighted by Crippen LogP contribution is 2.13. The molecule has 0 unspecified atom stereocenters. The minimum absolute atomic E-state index is 0.0591. The van der Waals surface area contributed by atoms with E-state index in [1.165, 1.54) is 31.3 Å². The van der Waals surface area contributed by atoms with Crippen LogP contribution in [-0.2, 0) is 27.8 Å². The van der Waals surface area contributed by atoms with Crippen molar-refractivity contribution in [3.8, 4) is 0 Å². The molecule has 2 aromatic rings. The summed E-state index contributed by atoms with van der Waals surface area (Å²) in [6.45, 7) is 0.343. The van der Waals surface area contributed by atoms with E-state index in [2.05, 4.69) is 4.72 Å². The molecule has 0 radical (unpaired) electrons. The molecule has 1 amide bonds. The number of aryl methyl sites for hydroxylation is 1. The topological polar surface area (TPSA) is 66.5 Å². The number of nitrogens with one attached hydrogen (secondary N) is 1. The molecule has 2 rings (SSSR count). The summed E-state index contributed by atoms with van der Waals surface area (Å²) in [5.74, 6) is -0.383. The molecule has 5 nitrogen and oxygen atoms in total. The number of halogens is 1. The Morgan fingerprint density at radius 2 is 1.80 bits per heavy atom. The minimum atomic E-state index is -3.45. The first-order valence-electron chi connectivity index (χ1n) is 7.83. The first kappa shape index (κ1) is 19.1. The van der Waals surface area contributed by atoms with Gasteiger partial charge in [0.25, 0.3) is 0 Å². The number of sulfonamides is 1. The van der Waals surface area contributed by atoms with Crippen molar-refractivity contribution in [2.24, 2.45) is 0 Å². The molecule has 7 heteroatoms. The van der Waals surface area contributed by atoms with Crippen LogP contribution in [0, 0.1) is 5.82 Å². The molecule has 0 fully saturated rings. The second-order valence-corrected chi connectivity index (χ2v) is 7.62. The summed E-state index contributed by atoms with van der Waals surface area (Å²) in [5.41, 5.74) is 1.61. The monoisotopic (exact) mass is 364 g/mol. The minimum Gasteiger partial charge on any atom is -0.341 e. The van der Waals surface area contributed by atoms with E-state index >= 15 is 0 Å². The average molecular weight is 364 g/mol. The van der Waals surface area contributed by atoms with Gasteiger partial charge < -0.3 is 4.90 Å². The maximum atomic E-state index is 13.2. The van der Waals surface area contributed by atoms with E-state index in [0.29, 0.717) is 19.4 Å². The van der Waals surface area contributed by atoms with Crippen LogP contribution in [0.1, 0.15) is 17.5 Å². The number of nitrogens with zero attached hydrogens (tertiary/aromatic N) is 1. The highest BCUT2D eigenvalue weighted by molar-refractivity contribution is 7.89. The fourth-order valence-corrected chi connectivity index (χ4v) is 3.12. The van der Waals surface area contributed by atoms with Crippen molar-refractivity contribution in [3.63, 3.8) is 0 Å². The predicted molar refractivity (Wildman–Crippen MR) is 93.9 cm³/mol. The highest BCUT2D eigenvalue weighted by Gasteiger charge is 2.12.